The summed E-state index contributed by atoms with van der Waals surface area (Å²) in [5.41, 5.74) is 5.58. The summed E-state index contributed by atoms with van der Waals surface area (Å²) < 4.78 is 10.9. The Bertz CT molecular complexity index is 387. The molecule has 0 aliphatic carbocycles. The number of nitrogens with one attached hydrogen (secondary N) is 1. The molecule has 0 amide bonds. The van der Waals surface area contributed by atoms with Crippen molar-refractivity contribution in [3.63, 3.8) is 0 Å². The summed E-state index contributed by atoms with van der Waals surface area (Å²) in [4.78, 5) is 7.72. The van der Waals surface area contributed by atoms with Crippen LogP contribution >= 0.6 is 0 Å². The van der Waals surface area contributed by atoms with Crippen LogP contribution in [0.1, 0.15) is 26.3 Å². The van der Waals surface area contributed by atoms with Crippen molar-refractivity contribution in [2.24, 2.45) is 5.73 Å². The van der Waals surface area contributed by atoms with Crippen molar-refractivity contribution in [1.29, 1.82) is 5.41 Å². The van der Waals surface area contributed by atoms with Gasteiger partial charge in [0, 0.05) is 6.20 Å². The predicted molar refractivity (Wildman–Crippen MR) is 64.2 cm³/mol. The molecule has 0 fully saturated rings. The van der Waals surface area contributed by atoms with Gasteiger partial charge in [-0.1, -0.05) is 0 Å². The summed E-state index contributed by atoms with van der Waals surface area (Å²) in [5, 5.41) is 7.34. The van der Waals surface area contributed by atoms with Gasteiger partial charge in [-0.15, -0.1) is 0 Å². The fraction of sp³-hybridized carbons (Fsp3) is 0.545. The first-order valence-electron chi connectivity index (χ1n) is 5.31. The number of rotatable bonds is 5. The van der Waals surface area contributed by atoms with Crippen LogP contribution in [0.5, 0.6) is 5.88 Å². The molecule has 0 saturated carbocycles. The Morgan fingerprint density at radius 1 is 1.41 bits per heavy atom. The zero-order valence-corrected chi connectivity index (χ0v) is 10.4. The number of nitrogen functional groups attached to an aromatic ring is 1. The maximum atomic E-state index is 7.34. The Labute approximate surface area is 101 Å². The number of ether oxygens (including phenoxy) is 2. The number of amidine groups is 1. The zero-order chi connectivity index (χ0) is 12.9. The lowest BCUT2D eigenvalue weighted by molar-refractivity contribution is -0.0168. The van der Waals surface area contributed by atoms with Gasteiger partial charge in [-0.2, -0.15) is 0 Å². The van der Waals surface area contributed by atoms with Gasteiger partial charge in [-0.05, 0) is 20.8 Å². The van der Waals surface area contributed by atoms with Crippen molar-refractivity contribution < 1.29 is 9.47 Å². The van der Waals surface area contributed by atoms with Crippen LogP contribution in [0.3, 0.4) is 0 Å². The topological polar surface area (TPSA) is 94.1 Å². The van der Waals surface area contributed by atoms with Gasteiger partial charge in [0.2, 0.25) is 5.88 Å². The van der Waals surface area contributed by atoms with E-state index in [9.17, 15) is 0 Å². The lowest BCUT2D eigenvalue weighted by atomic mass is 10.2. The van der Waals surface area contributed by atoms with E-state index < -0.39 is 0 Å². The summed E-state index contributed by atoms with van der Waals surface area (Å²) in [6, 6.07) is 0. The van der Waals surface area contributed by atoms with Crippen molar-refractivity contribution in [3.05, 3.63) is 18.1 Å². The molecular formula is C11H18N4O2. The predicted octanol–water partition coefficient (Wildman–Crippen LogP) is 0.955. The highest BCUT2D eigenvalue weighted by Gasteiger charge is 2.11. The monoisotopic (exact) mass is 238 g/mol. The summed E-state index contributed by atoms with van der Waals surface area (Å²) in [6.45, 7) is 6.72. The van der Waals surface area contributed by atoms with E-state index in [0.717, 1.165) is 0 Å². The first-order valence-corrected chi connectivity index (χ1v) is 5.31. The largest absolute Gasteiger partial charge is 0.475 e. The molecule has 1 aromatic heterocycles. The molecule has 0 radical (unpaired) electrons. The second-order valence-corrected chi connectivity index (χ2v) is 4.46. The molecule has 0 spiro atoms. The Balaban J connectivity index is 2.49. The van der Waals surface area contributed by atoms with Crippen LogP contribution in [0.15, 0.2) is 12.5 Å². The van der Waals surface area contributed by atoms with Crippen LogP contribution in [-0.2, 0) is 4.74 Å². The second kappa shape index (κ2) is 5.58. The molecule has 0 bridgehead atoms. The highest BCUT2D eigenvalue weighted by Crippen LogP contribution is 2.12. The number of nitrogens with zero attached hydrogens (tertiary/aromatic N) is 2. The molecule has 6 nitrogen and oxygen atoms in total. The highest BCUT2D eigenvalue weighted by atomic mass is 16.5. The smallest absolute Gasteiger partial charge is 0.227 e. The molecule has 94 valence electrons. The molecular weight excluding hydrogens is 220 g/mol. The van der Waals surface area contributed by atoms with Crippen LogP contribution in [-0.4, -0.2) is 34.6 Å². The molecule has 6 heteroatoms. The maximum absolute atomic E-state index is 7.34. The highest BCUT2D eigenvalue weighted by molar-refractivity contribution is 5.96. The Morgan fingerprint density at radius 2 is 2.12 bits per heavy atom. The normalized spacial score (nSPS) is 11.2. The van der Waals surface area contributed by atoms with Gasteiger partial charge in [0.05, 0.1) is 17.8 Å². The van der Waals surface area contributed by atoms with E-state index in [4.69, 9.17) is 20.6 Å². The third-order valence-electron chi connectivity index (χ3n) is 1.82. The van der Waals surface area contributed by atoms with E-state index in [1.807, 2.05) is 20.8 Å². The Kier molecular flexibility index (Phi) is 4.39. The molecule has 17 heavy (non-hydrogen) atoms. The van der Waals surface area contributed by atoms with E-state index in [1.165, 1.54) is 12.5 Å². The van der Waals surface area contributed by atoms with E-state index in [2.05, 4.69) is 9.97 Å². The lowest BCUT2D eigenvalue weighted by Gasteiger charge is -2.19. The minimum Gasteiger partial charge on any atom is -0.475 e. The van der Waals surface area contributed by atoms with Crippen LogP contribution in [0, 0.1) is 5.41 Å². The van der Waals surface area contributed by atoms with Gasteiger partial charge in [0.25, 0.3) is 0 Å². The molecule has 1 rings (SSSR count). The van der Waals surface area contributed by atoms with Gasteiger partial charge in [0.1, 0.15) is 18.8 Å². The minimum atomic E-state index is -0.196. The van der Waals surface area contributed by atoms with Crippen molar-refractivity contribution in [1.82, 2.24) is 9.97 Å². The molecule has 0 atom stereocenters. The number of aromatic nitrogens is 2. The average molecular weight is 238 g/mol. The van der Waals surface area contributed by atoms with E-state index in [0.29, 0.717) is 24.7 Å². The minimum absolute atomic E-state index is 0.114. The van der Waals surface area contributed by atoms with Crippen molar-refractivity contribution in [2.45, 2.75) is 26.4 Å². The summed E-state index contributed by atoms with van der Waals surface area (Å²) in [5.74, 6) is 0.197. The van der Waals surface area contributed by atoms with Gasteiger partial charge in [-0.3, -0.25) is 5.41 Å². The van der Waals surface area contributed by atoms with Gasteiger partial charge in [-0.25, -0.2) is 9.97 Å². The molecule has 0 aliphatic rings. The van der Waals surface area contributed by atoms with Gasteiger partial charge in [0.15, 0.2) is 0 Å². The average Bonchev–Trinajstić information content (AvgIpc) is 2.23. The SMILES string of the molecule is CC(C)(C)OCCOc1ncncc1C(=N)N. The summed E-state index contributed by atoms with van der Waals surface area (Å²) >= 11 is 0. The van der Waals surface area contributed by atoms with Crippen molar-refractivity contribution in [3.8, 4) is 5.88 Å². The Morgan fingerprint density at radius 3 is 2.71 bits per heavy atom. The van der Waals surface area contributed by atoms with Crippen LogP contribution < -0.4 is 10.5 Å². The van der Waals surface area contributed by atoms with Crippen molar-refractivity contribution in [2.75, 3.05) is 13.2 Å². The first-order chi connectivity index (χ1) is 7.90. The number of hydrogen-bond donors (Lipinski definition) is 2. The Hall–Kier alpha value is -1.69. The third-order valence-corrected chi connectivity index (χ3v) is 1.82. The van der Waals surface area contributed by atoms with Gasteiger partial charge < -0.3 is 15.2 Å². The summed E-state index contributed by atoms with van der Waals surface area (Å²) in [6.07, 6.45) is 2.81. The standard InChI is InChI=1S/C11H18N4O2/c1-11(2,3)17-5-4-16-10-8(9(12)13)6-14-7-15-10/h6-7H,4-5H2,1-3H3,(H3,12,13). The molecule has 1 heterocycles. The lowest BCUT2D eigenvalue weighted by Crippen LogP contribution is -2.23. The molecule has 1 aromatic rings. The molecule has 0 unspecified atom stereocenters. The first kappa shape index (κ1) is 13.4. The number of nitrogens with two attached hydrogens (primary N) is 1. The summed E-state index contributed by atoms with van der Waals surface area (Å²) in [7, 11) is 0. The molecule has 3 N–H and O–H groups in total. The maximum Gasteiger partial charge on any atom is 0.227 e. The molecule has 0 saturated heterocycles. The van der Waals surface area contributed by atoms with Crippen molar-refractivity contribution >= 4 is 5.84 Å². The van der Waals surface area contributed by atoms with E-state index >= 15 is 0 Å². The van der Waals surface area contributed by atoms with Crippen LogP contribution in [0.4, 0.5) is 0 Å². The second-order valence-electron chi connectivity index (χ2n) is 4.46. The fourth-order valence-corrected chi connectivity index (χ4v) is 1.10. The fourth-order valence-electron chi connectivity index (χ4n) is 1.10. The van der Waals surface area contributed by atoms with Crippen LogP contribution in [0.25, 0.3) is 0 Å². The molecule has 0 aliphatic heterocycles. The van der Waals surface area contributed by atoms with Gasteiger partial charge >= 0.3 is 0 Å². The van der Waals surface area contributed by atoms with E-state index in [-0.39, 0.29) is 11.4 Å². The quantitative estimate of drug-likeness (QED) is 0.452. The zero-order valence-electron chi connectivity index (χ0n) is 10.4. The van der Waals surface area contributed by atoms with Crippen LogP contribution in [0.2, 0.25) is 0 Å². The number of hydrogen-bond acceptors (Lipinski definition) is 5. The van der Waals surface area contributed by atoms with E-state index in [1.54, 1.807) is 0 Å². The third kappa shape index (κ3) is 4.78. The molecule has 0 aromatic carbocycles.